The summed E-state index contributed by atoms with van der Waals surface area (Å²) in [5.41, 5.74) is 7.98. The Morgan fingerprint density at radius 1 is 1.47 bits per heavy atom. The van der Waals surface area contributed by atoms with E-state index in [2.05, 4.69) is 17.0 Å². The van der Waals surface area contributed by atoms with Gasteiger partial charge < -0.3 is 5.73 Å². The summed E-state index contributed by atoms with van der Waals surface area (Å²) in [4.78, 5) is 4.05. The number of nitrogens with two attached hydrogens (primary N) is 1. The van der Waals surface area contributed by atoms with Gasteiger partial charge in [0.2, 0.25) is 0 Å². The second-order valence-electron chi connectivity index (χ2n) is 3.43. The van der Waals surface area contributed by atoms with Crippen molar-refractivity contribution in [2.24, 2.45) is 0 Å². The Morgan fingerprint density at radius 3 is 3.00 bits per heavy atom. The fourth-order valence-electron chi connectivity index (χ4n) is 1.49. The highest BCUT2D eigenvalue weighted by Crippen LogP contribution is 2.12. The van der Waals surface area contributed by atoms with Crippen molar-refractivity contribution in [2.75, 3.05) is 5.73 Å². The minimum absolute atomic E-state index is 0.599. The molecule has 2 aromatic rings. The molecule has 2 N–H and O–H groups in total. The van der Waals surface area contributed by atoms with Gasteiger partial charge in [-0.05, 0) is 24.1 Å². The summed E-state index contributed by atoms with van der Waals surface area (Å²) >= 11 is 0. The fourth-order valence-corrected chi connectivity index (χ4v) is 1.49. The van der Waals surface area contributed by atoms with Crippen LogP contribution in [0.1, 0.15) is 18.1 Å². The van der Waals surface area contributed by atoms with E-state index in [0.29, 0.717) is 5.82 Å². The molecule has 0 aliphatic carbocycles. The molecule has 0 unspecified atom stereocenters. The predicted molar refractivity (Wildman–Crippen MR) is 59.4 cm³/mol. The number of aromatic nitrogens is 3. The molecule has 2 heterocycles. The molecule has 0 saturated heterocycles. The Labute approximate surface area is 88.8 Å². The number of nitrogens with zero attached hydrogens (tertiary/aromatic N) is 3. The molecule has 0 aliphatic heterocycles. The molecule has 0 aromatic carbocycles. The van der Waals surface area contributed by atoms with E-state index in [1.54, 1.807) is 6.20 Å². The standard InChI is InChI=1S/C11H14N4/c1-2-15-8-9(7-14-15)6-10-4-3-5-13-11(10)12/h3-5,7-8H,2,6H2,1H3,(H2,12,13). The lowest BCUT2D eigenvalue weighted by molar-refractivity contribution is 0.659. The number of hydrogen-bond donors (Lipinski definition) is 1. The van der Waals surface area contributed by atoms with Crippen LogP contribution in [-0.2, 0) is 13.0 Å². The quantitative estimate of drug-likeness (QED) is 0.820. The third kappa shape index (κ3) is 2.15. The Hall–Kier alpha value is -1.84. The summed E-state index contributed by atoms with van der Waals surface area (Å²) in [5.74, 6) is 0.599. The van der Waals surface area contributed by atoms with E-state index in [-0.39, 0.29) is 0 Å². The first-order chi connectivity index (χ1) is 7.29. The summed E-state index contributed by atoms with van der Waals surface area (Å²) in [6.45, 7) is 2.96. The summed E-state index contributed by atoms with van der Waals surface area (Å²) in [5, 5.41) is 4.22. The van der Waals surface area contributed by atoms with Crippen LogP contribution in [-0.4, -0.2) is 14.8 Å². The minimum Gasteiger partial charge on any atom is -0.383 e. The Bertz CT molecular complexity index is 447. The van der Waals surface area contributed by atoms with E-state index in [1.165, 1.54) is 0 Å². The third-order valence-corrected chi connectivity index (χ3v) is 2.33. The number of nitrogen functional groups attached to an aromatic ring is 1. The van der Waals surface area contributed by atoms with Crippen molar-refractivity contribution in [1.29, 1.82) is 0 Å². The van der Waals surface area contributed by atoms with Crippen LogP contribution in [0.15, 0.2) is 30.7 Å². The molecule has 0 spiro atoms. The van der Waals surface area contributed by atoms with Crippen molar-refractivity contribution in [2.45, 2.75) is 19.9 Å². The van der Waals surface area contributed by atoms with E-state index in [1.807, 2.05) is 29.2 Å². The first-order valence-electron chi connectivity index (χ1n) is 5.00. The van der Waals surface area contributed by atoms with Gasteiger partial charge in [-0.3, -0.25) is 4.68 Å². The zero-order valence-electron chi connectivity index (χ0n) is 8.72. The molecule has 0 fully saturated rings. The maximum atomic E-state index is 5.77. The van der Waals surface area contributed by atoms with Crippen LogP contribution < -0.4 is 5.73 Å². The Kier molecular flexibility index (Phi) is 2.67. The normalized spacial score (nSPS) is 10.5. The molecule has 0 saturated carbocycles. The maximum Gasteiger partial charge on any atom is 0.126 e. The second kappa shape index (κ2) is 4.13. The molecule has 0 atom stereocenters. The number of aryl methyl sites for hydroxylation is 1. The first kappa shape index (κ1) is 9.71. The van der Waals surface area contributed by atoms with Crippen molar-refractivity contribution in [3.63, 3.8) is 0 Å². The lowest BCUT2D eigenvalue weighted by Gasteiger charge is -2.01. The molecule has 2 rings (SSSR count). The molecule has 15 heavy (non-hydrogen) atoms. The van der Waals surface area contributed by atoms with Crippen molar-refractivity contribution >= 4 is 5.82 Å². The number of anilines is 1. The van der Waals surface area contributed by atoms with Gasteiger partial charge in [0.25, 0.3) is 0 Å². The zero-order valence-corrected chi connectivity index (χ0v) is 8.72. The van der Waals surface area contributed by atoms with E-state index >= 15 is 0 Å². The van der Waals surface area contributed by atoms with Gasteiger partial charge in [-0.2, -0.15) is 5.10 Å². The lowest BCUT2D eigenvalue weighted by atomic mass is 10.1. The van der Waals surface area contributed by atoms with E-state index in [9.17, 15) is 0 Å². The Morgan fingerprint density at radius 2 is 2.33 bits per heavy atom. The molecule has 0 radical (unpaired) electrons. The second-order valence-corrected chi connectivity index (χ2v) is 3.43. The molecular weight excluding hydrogens is 188 g/mol. The zero-order chi connectivity index (χ0) is 10.7. The van der Waals surface area contributed by atoms with Crippen LogP contribution in [0.3, 0.4) is 0 Å². The van der Waals surface area contributed by atoms with Crippen molar-refractivity contribution < 1.29 is 0 Å². The van der Waals surface area contributed by atoms with Crippen molar-refractivity contribution in [1.82, 2.24) is 14.8 Å². The monoisotopic (exact) mass is 202 g/mol. The molecular formula is C11H14N4. The van der Waals surface area contributed by atoms with Gasteiger partial charge >= 0.3 is 0 Å². The number of pyridine rings is 1. The van der Waals surface area contributed by atoms with E-state index < -0.39 is 0 Å². The number of rotatable bonds is 3. The van der Waals surface area contributed by atoms with Crippen LogP contribution in [0.5, 0.6) is 0 Å². The van der Waals surface area contributed by atoms with E-state index in [4.69, 9.17) is 5.73 Å². The molecule has 4 nitrogen and oxygen atoms in total. The van der Waals surface area contributed by atoms with Crippen LogP contribution >= 0.6 is 0 Å². The average Bonchev–Trinajstić information content (AvgIpc) is 2.69. The SMILES string of the molecule is CCn1cc(Cc2cccnc2N)cn1. The summed E-state index contributed by atoms with van der Waals surface area (Å²) in [6.07, 6.45) is 6.40. The Balaban J connectivity index is 2.18. The van der Waals surface area contributed by atoms with Crippen LogP contribution in [0.4, 0.5) is 5.82 Å². The molecule has 4 heteroatoms. The smallest absolute Gasteiger partial charge is 0.126 e. The van der Waals surface area contributed by atoms with Crippen LogP contribution in [0.2, 0.25) is 0 Å². The minimum atomic E-state index is 0.599. The topological polar surface area (TPSA) is 56.7 Å². The van der Waals surface area contributed by atoms with Gasteiger partial charge in [-0.25, -0.2) is 4.98 Å². The largest absolute Gasteiger partial charge is 0.383 e. The molecule has 0 amide bonds. The van der Waals surface area contributed by atoms with E-state index in [0.717, 1.165) is 24.1 Å². The van der Waals surface area contributed by atoms with Gasteiger partial charge in [-0.15, -0.1) is 0 Å². The lowest BCUT2D eigenvalue weighted by Crippen LogP contribution is -1.97. The average molecular weight is 202 g/mol. The highest BCUT2D eigenvalue weighted by atomic mass is 15.3. The predicted octanol–water partition coefficient (Wildman–Crippen LogP) is 1.47. The van der Waals surface area contributed by atoms with Gasteiger partial charge in [0.05, 0.1) is 6.20 Å². The highest BCUT2D eigenvalue weighted by molar-refractivity contribution is 5.41. The first-order valence-corrected chi connectivity index (χ1v) is 5.00. The van der Waals surface area contributed by atoms with Crippen molar-refractivity contribution in [3.05, 3.63) is 41.9 Å². The number of hydrogen-bond acceptors (Lipinski definition) is 3. The van der Waals surface area contributed by atoms with Gasteiger partial charge in [0.1, 0.15) is 5.82 Å². The summed E-state index contributed by atoms with van der Waals surface area (Å²) in [6, 6.07) is 3.89. The van der Waals surface area contributed by atoms with Crippen molar-refractivity contribution in [3.8, 4) is 0 Å². The summed E-state index contributed by atoms with van der Waals surface area (Å²) < 4.78 is 1.90. The molecule has 0 aliphatic rings. The molecule has 78 valence electrons. The van der Waals surface area contributed by atoms with Gasteiger partial charge in [0.15, 0.2) is 0 Å². The highest BCUT2D eigenvalue weighted by Gasteiger charge is 2.02. The fraction of sp³-hybridized carbons (Fsp3) is 0.273. The maximum absolute atomic E-state index is 5.77. The van der Waals surface area contributed by atoms with Gasteiger partial charge in [-0.1, -0.05) is 6.07 Å². The van der Waals surface area contributed by atoms with Crippen LogP contribution in [0, 0.1) is 0 Å². The molecule has 2 aromatic heterocycles. The van der Waals surface area contributed by atoms with Gasteiger partial charge in [0, 0.05) is 25.4 Å². The van der Waals surface area contributed by atoms with Crippen LogP contribution in [0.25, 0.3) is 0 Å². The third-order valence-electron chi connectivity index (χ3n) is 2.33. The summed E-state index contributed by atoms with van der Waals surface area (Å²) in [7, 11) is 0. The molecule has 0 bridgehead atoms.